The van der Waals surface area contributed by atoms with Crippen LogP contribution in [0.3, 0.4) is 0 Å². The first-order chi connectivity index (χ1) is 13.1. The maximum atomic E-state index is 13.0. The number of benzene rings is 1. The van der Waals surface area contributed by atoms with E-state index in [0.717, 1.165) is 5.56 Å². The van der Waals surface area contributed by atoms with E-state index < -0.39 is 16.1 Å². The summed E-state index contributed by atoms with van der Waals surface area (Å²) in [6, 6.07) is 8.75. The Balaban J connectivity index is 1.95. The standard InChI is InChI=1S/C20H31N3O4S/c1-15(2)19(21-18(24)14-16-8-6-5-7-9-16)20(25)23-12-10-17(11-13-23)22(3)28(4,26)27/h5-9,15,17,19H,10-14H2,1-4H3,(H,21,24). The molecule has 2 rings (SSSR count). The van der Waals surface area contributed by atoms with Gasteiger partial charge in [0.2, 0.25) is 21.8 Å². The Labute approximate surface area is 168 Å². The van der Waals surface area contributed by atoms with Gasteiger partial charge in [-0.25, -0.2) is 12.7 Å². The van der Waals surface area contributed by atoms with E-state index in [2.05, 4.69) is 5.32 Å². The van der Waals surface area contributed by atoms with Crippen LogP contribution in [0.4, 0.5) is 0 Å². The van der Waals surface area contributed by atoms with E-state index in [1.54, 1.807) is 11.9 Å². The minimum absolute atomic E-state index is 0.0383. The fraction of sp³-hybridized carbons (Fsp3) is 0.600. The molecule has 2 amide bonds. The number of hydrogen-bond donors (Lipinski definition) is 1. The number of piperidine rings is 1. The van der Waals surface area contributed by atoms with E-state index >= 15 is 0 Å². The van der Waals surface area contributed by atoms with Crippen LogP contribution in [0.1, 0.15) is 32.3 Å². The molecule has 1 atom stereocenters. The Hall–Kier alpha value is -1.93. The first-order valence-corrected chi connectivity index (χ1v) is 11.5. The van der Waals surface area contributed by atoms with E-state index in [9.17, 15) is 18.0 Å². The highest BCUT2D eigenvalue weighted by Crippen LogP contribution is 2.19. The molecule has 1 heterocycles. The third-order valence-corrected chi connectivity index (χ3v) is 6.61. The summed E-state index contributed by atoms with van der Waals surface area (Å²) in [6.07, 6.45) is 2.62. The lowest BCUT2D eigenvalue weighted by Crippen LogP contribution is -2.55. The van der Waals surface area contributed by atoms with Crippen LogP contribution >= 0.6 is 0 Å². The van der Waals surface area contributed by atoms with Gasteiger partial charge in [-0.1, -0.05) is 44.2 Å². The topological polar surface area (TPSA) is 86.8 Å². The van der Waals surface area contributed by atoms with Crippen molar-refractivity contribution in [2.24, 2.45) is 5.92 Å². The average Bonchev–Trinajstić information content (AvgIpc) is 2.65. The van der Waals surface area contributed by atoms with Crippen molar-refractivity contribution in [3.63, 3.8) is 0 Å². The smallest absolute Gasteiger partial charge is 0.245 e. The van der Waals surface area contributed by atoms with Crippen LogP contribution in [0.15, 0.2) is 30.3 Å². The van der Waals surface area contributed by atoms with Crippen molar-refractivity contribution in [3.05, 3.63) is 35.9 Å². The number of sulfonamides is 1. The number of hydrogen-bond acceptors (Lipinski definition) is 4. The van der Waals surface area contributed by atoms with Crippen molar-refractivity contribution in [2.45, 2.75) is 45.2 Å². The Morgan fingerprint density at radius 1 is 1.18 bits per heavy atom. The zero-order valence-electron chi connectivity index (χ0n) is 17.1. The van der Waals surface area contributed by atoms with Crippen LogP contribution in [0.2, 0.25) is 0 Å². The van der Waals surface area contributed by atoms with Crippen molar-refractivity contribution in [1.82, 2.24) is 14.5 Å². The molecular formula is C20H31N3O4S. The molecule has 8 heteroatoms. The molecule has 0 spiro atoms. The summed E-state index contributed by atoms with van der Waals surface area (Å²) in [5.74, 6) is -0.314. The van der Waals surface area contributed by atoms with Gasteiger partial charge in [0.15, 0.2) is 0 Å². The molecule has 156 valence electrons. The molecule has 1 saturated heterocycles. The second kappa shape index (κ2) is 9.52. The molecule has 1 fully saturated rings. The predicted molar refractivity (Wildman–Crippen MR) is 109 cm³/mol. The monoisotopic (exact) mass is 409 g/mol. The number of carbonyl (C=O) groups is 2. The highest BCUT2D eigenvalue weighted by atomic mass is 32.2. The van der Waals surface area contributed by atoms with Crippen LogP contribution in [0.5, 0.6) is 0 Å². The van der Waals surface area contributed by atoms with Crippen molar-refractivity contribution in [1.29, 1.82) is 0 Å². The molecule has 1 unspecified atom stereocenters. The Kier molecular flexibility index (Phi) is 7.60. The minimum Gasteiger partial charge on any atom is -0.344 e. The SMILES string of the molecule is CC(C)C(NC(=O)Cc1ccccc1)C(=O)N1CCC(N(C)S(C)(=O)=O)CC1. The van der Waals surface area contributed by atoms with E-state index in [4.69, 9.17) is 0 Å². The maximum absolute atomic E-state index is 13.0. The number of rotatable bonds is 7. The highest BCUT2D eigenvalue weighted by molar-refractivity contribution is 7.88. The lowest BCUT2D eigenvalue weighted by atomic mass is 9.99. The third-order valence-electron chi connectivity index (χ3n) is 5.27. The zero-order valence-corrected chi connectivity index (χ0v) is 17.9. The number of amides is 2. The summed E-state index contributed by atoms with van der Waals surface area (Å²) in [6.45, 7) is 4.80. The van der Waals surface area contributed by atoms with Gasteiger partial charge in [0.1, 0.15) is 6.04 Å². The molecule has 0 saturated carbocycles. The van der Waals surface area contributed by atoms with Gasteiger partial charge in [-0.3, -0.25) is 9.59 Å². The van der Waals surface area contributed by atoms with E-state index in [0.29, 0.717) is 25.9 Å². The van der Waals surface area contributed by atoms with Gasteiger partial charge >= 0.3 is 0 Å². The minimum atomic E-state index is -3.24. The normalized spacial score (nSPS) is 17.0. The molecule has 0 aromatic heterocycles. The molecule has 1 aliphatic rings. The lowest BCUT2D eigenvalue weighted by molar-refractivity contribution is -0.138. The van der Waals surface area contributed by atoms with Gasteiger partial charge in [0.25, 0.3) is 0 Å². The quantitative estimate of drug-likeness (QED) is 0.734. The van der Waals surface area contributed by atoms with Gasteiger partial charge < -0.3 is 10.2 Å². The summed E-state index contributed by atoms with van der Waals surface area (Å²) in [4.78, 5) is 27.1. The molecule has 28 heavy (non-hydrogen) atoms. The second-order valence-corrected chi connectivity index (χ2v) is 9.83. The van der Waals surface area contributed by atoms with Gasteiger partial charge in [-0.15, -0.1) is 0 Å². The van der Waals surface area contributed by atoms with Crippen LogP contribution < -0.4 is 5.32 Å². The highest BCUT2D eigenvalue weighted by Gasteiger charge is 2.33. The first kappa shape index (κ1) is 22.4. The van der Waals surface area contributed by atoms with Gasteiger partial charge in [0, 0.05) is 26.2 Å². The largest absolute Gasteiger partial charge is 0.344 e. The fourth-order valence-electron chi connectivity index (χ4n) is 3.44. The third kappa shape index (κ3) is 6.04. The molecule has 1 aromatic carbocycles. The second-order valence-electron chi connectivity index (χ2n) is 7.79. The number of nitrogens with one attached hydrogen (secondary N) is 1. The van der Waals surface area contributed by atoms with Crippen molar-refractivity contribution < 1.29 is 18.0 Å². The number of nitrogens with zero attached hydrogens (tertiary/aromatic N) is 2. The van der Waals surface area contributed by atoms with E-state index in [-0.39, 0.29) is 30.2 Å². The first-order valence-electron chi connectivity index (χ1n) is 9.64. The molecule has 0 radical (unpaired) electrons. The lowest BCUT2D eigenvalue weighted by Gasteiger charge is -2.37. The van der Waals surface area contributed by atoms with Gasteiger partial charge in [-0.05, 0) is 24.3 Å². The van der Waals surface area contributed by atoms with Crippen LogP contribution in [0, 0.1) is 5.92 Å². The fourth-order valence-corrected chi connectivity index (χ4v) is 4.19. The van der Waals surface area contributed by atoms with Crippen molar-refractivity contribution in [3.8, 4) is 0 Å². The van der Waals surface area contributed by atoms with E-state index in [1.807, 2.05) is 44.2 Å². The Morgan fingerprint density at radius 2 is 1.75 bits per heavy atom. The molecular weight excluding hydrogens is 378 g/mol. The molecule has 1 aromatic rings. The van der Waals surface area contributed by atoms with Gasteiger partial charge in [-0.2, -0.15) is 0 Å². The molecule has 1 N–H and O–H groups in total. The summed E-state index contributed by atoms with van der Waals surface area (Å²) in [5.41, 5.74) is 0.902. The molecule has 1 aliphatic heterocycles. The van der Waals surface area contributed by atoms with Crippen LogP contribution in [0.25, 0.3) is 0 Å². The predicted octanol–water partition coefficient (Wildman–Crippen LogP) is 1.25. The maximum Gasteiger partial charge on any atom is 0.245 e. The van der Waals surface area contributed by atoms with E-state index in [1.165, 1.54) is 10.6 Å². The molecule has 0 bridgehead atoms. The van der Waals surface area contributed by atoms with Crippen molar-refractivity contribution in [2.75, 3.05) is 26.4 Å². The number of carbonyl (C=O) groups excluding carboxylic acids is 2. The summed E-state index contributed by atoms with van der Waals surface area (Å²) >= 11 is 0. The summed E-state index contributed by atoms with van der Waals surface area (Å²) in [7, 11) is -1.66. The average molecular weight is 410 g/mol. The van der Waals surface area contributed by atoms with Gasteiger partial charge in [0.05, 0.1) is 12.7 Å². The van der Waals surface area contributed by atoms with Crippen LogP contribution in [-0.4, -0.2) is 67.9 Å². The van der Waals surface area contributed by atoms with Crippen LogP contribution in [-0.2, 0) is 26.0 Å². The summed E-state index contributed by atoms with van der Waals surface area (Å²) in [5, 5.41) is 2.88. The number of likely N-dealkylation sites (tertiary alicyclic amines) is 1. The Morgan fingerprint density at radius 3 is 2.25 bits per heavy atom. The Bertz CT molecular complexity index is 772. The van der Waals surface area contributed by atoms with Crippen molar-refractivity contribution >= 4 is 21.8 Å². The summed E-state index contributed by atoms with van der Waals surface area (Å²) < 4.78 is 24.8. The zero-order chi connectivity index (χ0) is 20.9. The molecule has 0 aliphatic carbocycles. The molecule has 7 nitrogen and oxygen atoms in total.